The van der Waals surface area contributed by atoms with Crippen LogP contribution in [0.25, 0.3) is 5.82 Å². The number of hydrazone groups is 1. The predicted molar refractivity (Wildman–Crippen MR) is 96.3 cm³/mol. The molecule has 0 saturated heterocycles. The molecule has 6 heteroatoms. The molecule has 0 fully saturated rings. The number of benzene rings is 1. The number of carbonyl (C=O) groups is 1. The molecule has 0 saturated carbocycles. The van der Waals surface area contributed by atoms with Crippen molar-refractivity contribution in [1.82, 2.24) is 15.1 Å². The van der Waals surface area contributed by atoms with Crippen molar-refractivity contribution in [1.29, 1.82) is 0 Å². The molecule has 3 rings (SSSR count). The van der Waals surface area contributed by atoms with E-state index < -0.39 is 0 Å². The number of nitrogens with zero attached hydrogens (tertiary/aromatic N) is 3. The van der Waals surface area contributed by atoms with Crippen molar-refractivity contribution >= 4 is 12.1 Å². The first-order valence-electron chi connectivity index (χ1n) is 7.99. The second-order valence-electron chi connectivity index (χ2n) is 5.97. The van der Waals surface area contributed by atoms with Gasteiger partial charge in [-0.15, -0.1) is 0 Å². The molecule has 0 aliphatic carbocycles. The number of nitrogens with one attached hydrogen (secondary N) is 1. The van der Waals surface area contributed by atoms with Gasteiger partial charge in [-0.05, 0) is 45.4 Å². The molecule has 0 aliphatic rings. The molecule has 128 valence electrons. The number of carbonyl (C=O) groups excluding carboxylic acids is 1. The normalized spacial score (nSPS) is 11.2. The van der Waals surface area contributed by atoms with Gasteiger partial charge in [-0.1, -0.05) is 23.4 Å². The first kappa shape index (κ1) is 16.7. The third-order valence-electron chi connectivity index (χ3n) is 4.07. The summed E-state index contributed by atoms with van der Waals surface area (Å²) in [5.41, 5.74) is 6.99. The van der Waals surface area contributed by atoms with Gasteiger partial charge in [0.2, 0.25) is 0 Å². The molecule has 2 aromatic heterocycles. The Balaban J connectivity index is 1.79. The molecular weight excluding hydrogens is 316 g/mol. The molecule has 3 aromatic rings. The summed E-state index contributed by atoms with van der Waals surface area (Å²) in [5.74, 6) is 1.26. The zero-order valence-corrected chi connectivity index (χ0v) is 14.7. The Labute approximate surface area is 146 Å². The summed E-state index contributed by atoms with van der Waals surface area (Å²) in [5, 5.41) is 8.14. The van der Waals surface area contributed by atoms with Crippen LogP contribution in [0.1, 0.15) is 38.6 Å². The summed E-state index contributed by atoms with van der Waals surface area (Å²) >= 11 is 0. The molecule has 0 spiro atoms. The van der Waals surface area contributed by atoms with Crippen molar-refractivity contribution in [2.45, 2.75) is 27.7 Å². The van der Waals surface area contributed by atoms with Gasteiger partial charge in [-0.2, -0.15) is 5.10 Å². The van der Waals surface area contributed by atoms with Crippen LogP contribution < -0.4 is 5.43 Å². The highest BCUT2D eigenvalue weighted by molar-refractivity contribution is 5.96. The maximum absolute atomic E-state index is 12.2. The fourth-order valence-electron chi connectivity index (χ4n) is 2.78. The van der Waals surface area contributed by atoms with Gasteiger partial charge in [-0.3, -0.25) is 9.36 Å². The molecule has 0 unspecified atom stereocenters. The van der Waals surface area contributed by atoms with Crippen LogP contribution in [0, 0.1) is 27.7 Å². The largest absolute Gasteiger partial charge is 0.360 e. The molecule has 2 heterocycles. The fraction of sp³-hybridized carbons (Fsp3) is 0.211. The van der Waals surface area contributed by atoms with E-state index in [2.05, 4.69) is 15.7 Å². The lowest BCUT2D eigenvalue weighted by atomic mass is 10.1. The van der Waals surface area contributed by atoms with E-state index in [1.54, 1.807) is 12.3 Å². The standard InChI is InChI=1S/C19H20N4O2/c1-12-7-5-6-8-17(12)19(24)21-20-11-16-9-13(2)23(15(16)4)18-10-14(3)25-22-18/h5-11H,1-4H3,(H,21,24)/b20-11-. The van der Waals surface area contributed by atoms with E-state index >= 15 is 0 Å². The molecular formula is C19H20N4O2. The Bertz CT molecular complexity index is 950. The van der Waals surface area contributed by atoms with E-state index in [4.69, 9.17) is 4.52 Å². The minimum absolute atomic E-state index is 0.227. The molecule has 0 aliphatic heterocycles. The zero-order chi connectivity index (χ0) is 18.0. The number of hydrogen-bond acceptors (Lipinski definition) is 4. The number of hydrogen-bond donors (Lipinski definition) is 1. The Hall–Kier alpha value is -3.15. The van der Waals surface area contributed by atoms with E-state index in [0.717, 1.165) is 34.1 Å². The molecule has 1 N–H and O–H groups in total. The van der Waals surface area contributed by atoms with Gasteiger partial charge in [0, 0.05) is 28.6 Å². The molecule has 0 bridgehead atoms. The Morgan fingerprint density at radius 3 is 2.64 bits per heavy atom. The van der Waals surface area contributed by atoms with E-state index in [0.29, 0.717) is 5.56 Å². The van der Waals surface area contributed by atoms with E-state index in [1.807, 2.05) is 62.6 Å². The highest BCUT2D eigenvalue weighted by atomic mass is 16.5. The lowest BCUT2D eigenvalue weighted by molar-refractivity contribution is 0.0954. The summed E-state index contributed by atoms with van der Waals surface area (Å²) in [6.45, 7) is 7.71. The number of aryl methyl sites for hydroxylation is 3. The second-order valence-corrected chi connectivity index (χ2v) is 5.97. The quantitative estimate of drug-likeness (QED) is 0.586. The highest BCUT2D eigenvalue weighted by Crippen LogP contribution is 2.19. The lowest BCUT2D eigenvalue weighted by Crippen LogP contribution is -2.18. The van der Waals surface area contributed by atoms with Crippen LogP contribution in [0.15, 0.2) is 46.0 Å². The highest BCUT2D eigenvalue weighted by Gasteiger charge is 2.12. The van der Waals surface area contributed by atoms with Crippen molar-refractivity contribution in [2.24, 2.45) is 5.10 Å². The van der Waals surface area contributed by atoms with Gasteiger partial charge < -0.3 is 4.52 Å². The first-order valence-corrected chi connectivity index (χ1v) is 7.99. The van der Waals surface area contributed by atoms with Gasteiger partial charge in [-0.25, -0.2) is 5.43 Å². The number of aromatic nitrogens is 2. The molecule has 6 nitrogen and oxygen atoms in total. The van der Waals surface area contributed by atoms with Crippen LogP contribution in [-0.2, 0) is 0 Å². The number of amides is 1. The first-order chi connectivity index (χ1) is 12.0. The minimum Gasteiger partial charge on any atom is -0.360 e. The van der Waals surface area contributed by atoms with Gasteiger partial charge in [0.05, 0.1) is 6.21 Å². The fourth-order valence-corrected chi connectivity index (χ4v) is 2.78. The average Bonchev–Trinajstić information content (AvgIpc) is 3.11. The molecule has 1 amide bonds. The maximum atomic E-state index is 12.2. The van der Waals surface area contributed by atoms with E-state index in [9.17, 15) is 4.79 Å². The third-order valence-corrected chi connectivity index (χ3v) is 4.07. The third kappa shape index (κ3) is 3.38. The van der Waals surface area contributed by atoms with Gasteiger partial charge in [0.15, 0.2) is 5.82 Å². The predicted octanol–water partition coefficient (Wildman–Crippen LogP) is 3.46. The maximum Gasteiger partial charge on any atom is 0.271 e. The Kier molecular flexibility index (Phi) is 4.52. The topological polar surface area (TPSA) is 72.4 Å². The van der Waals surface area contributed by atoms with Crippen molar-refractivity contribution in [3.05, 3.63) is 70.2 Å². The van der Waals surface area contributed by atoms with Crippen LogP contribution >= 0.6 is 0 Å². The summed E-state index contributed by atoms with van der Waals surface area (Å²) in [6, 6.07) is 11.3. The van der Waals surface area contributed by atoms with Gasteiger partial charge >= 0.3 is 0 Å². The average molecular weight is 336 g/mol. The summed E-state index contributed by atoms with van der Waals surface area (Å²) < 4.78 is 7.14. The number of rotatable bonds is 4. The second kappa shape index (κ2) is 6.76. The van der Waals surface area contributed by atoms with E-state index in [-0.39, 0.29) is 5.91 Å². The van der Waals surface area contributed by atoms with Crippen molar-refractivity contribution in [3.8, 4) is 5.82 Å². The summed E-state index contributed by atoms with van der Waals surface area (Å²) in [4.78, 5) is 12.2. The van der Waals surface area contributed by atoms with Crippen LogP contribution in [-0.4, -0.2) is 21.8 Å². The summed E-state index contributed by atoms with van der Waals surface area (Å²) in [6.07, 6.45) is 1.64. The molecule has 0 radical (unpaired) electrons. The molecule has 25 heavy (non-hydrogen) atoms. The van der Waals surface area contributed by atoms with Gasteiger partial charge in [0.1, 0.15) is 5.76 Å². The van der Waals surface area contributed by atoms with Crippen molar-refractivity contribution in [2.75, 3.05) is 0 Å². The molecule has 0 atom stereocenters. The van der Waals surface area contributed by atoms with Crippen LogP contribution in [0.2, 0.25) is 0 Å². The van der Waals surface area contributed by atoms with Crippen LogP contribution in [0.5, 0.6) is 0 Å². The Morgan fingerprint density at radius 1 is 1.20 bits per heavy atom. The summed E-state index contributed by atoms with van der Waals surface area (Å²) in [7, 11) is 0. The SMILES string of the molecule is Cc1cc(-n2c(C)cc(/C=N\NC(=O)c3ccccc3C)c2C)no1. The minimum atomic E-state index is -0.227. The zero-order valence-electron chi connectivity index (χ0n) is 14.7. The van der Waals surface area contributed by atoms with Crippen LogP contribution in [0.4, 0.5) is 0 Å². The smallest absolute Gasteiger partial charge is 0.271 e. The van der Waals surface area contributed by atoms with E-state index in [1.165, 1.54) is 0 Å². The van der Waals surface area contributed by atoms with Crippen molar-refractivity contribution in [3.63, 3.8) is 0 Å². The Morgan fingerprint density at radius 2 is 1.96 bits per heavy atom. The molecule has 1 aromatic carbocycles. The lowest BCUT2D eigenvalue weighted by Gasteiger charge is -2.04. The monoisotopic (exact) mass is 336 g/mol. The van der Waals surface area contributed by atoms with Crippen LogP contribution in [0.3, 0.4) is 0 Å². The van der Waals surface area contributed by atoms with Gasteiger partial charge in [0.25, 0.3) is 5.91 Å². The van der Waals surface area contributed by atoms with Crippen molar-refractivity contribution < 1.29 is 9.32 Å².